The first kappa shape index (κ1) is 22.9. The van der Waals surface area contributed by atoms with E-state index in [-0.39, 0.29) is 36.7 Å². The Bertz CT molecular complexity index is 477. The lowest BCUT2D eigenvalue weighted by molar-refractivity contribution is 0.156. The van der Waals surface area contributed by atoms with E-state index in [0.29, 0.717) is 22.1 Å². The van der Waals surface area contributed by atoms with E-state index < -0.39 is 0 Å². The van der Waals surface area contributed by atoms with Gasteiger partial charge in [-0.1, -0.05) is 31.5 Å². The van der Waals surface area contributed by atoms with Crippen molar-refractivity contribution in [2.75, 3.05) is 26.2 Å². The first-order chi connectivity index (χ1) is 10.0. The van der Waals surface area contributed by atoms with Crippen molar-refractivity contribution in [3.8, 4) is 0 Å². The minimum absolute atomic E-state index is 0. The molecule has 1 N–H and O–H groups in total. The van der Waals surface area contributed by atoms with Crippen LogP contribution in [0.2, 0.25) is 5.02 Å². The SMILES string of the molecule is Cc1ccc(Cl)c([C@@H](CCC(C)C)N2CCNCC2)c1F.Cl.Cl. The molecule has 1 aromatic carbocycles. The standard InChI is InChI=1S/C17H26ClFN2.2ClH/c1-12(2)4-7-15(21-10-8-20-9-11-21)16-14(18)6-5-13(3)17(16)19;;/h5-6,12,15,20H,4,7-11H2,1-3H3;2*1H/t15-;;/m1../s1. The predicted molar refractivity (Wildman–Crippen MR) is 102 cm³/mol. The second-order valence-electron chi connectivity index (χ2n) is 6.36. The average Bonchev–Trinajstić information content (AvgIpc) is 2.47. The van der Waals surface area contributed by atoms with Gasteiger partial charge in [-0.05, 0) is 37.3 Å². The molecule has 1 aromatic rings. The zero-order valence-electron chi connectivity index (χ0n) is 14.1. The predicted octanol–water partition coefficient (Wildman–Crippen LogP) is 5.01. The van der Waals surface area contributed by atoms with Gasteiger partial charge in [0.1, 0.15) is 5.82 Å². The lowest BCUT2D eigenvalue weighted by Gasteiger charge is -2.36. The molecule has 0 saturated carbocycles. The molecular formula is C17H28Cl3FN2. The molecule has 23 heavy (non-hydrogen) atoms. The number of hydrogen-bond donors (Lipinski definition) is 1. The van der Waals surface area contributed by atoms with E-state index in [2.05, 4.69) is 24.1 Å². The van der Waals surface area contributed by atoms with Gasteiger partial charge in [0.2, 0.25) is 0 Å². The number of nitrogens with one attached hydrogen (secondary N) is 1. The second kappa shape index (κ2) is 10.7. The van der Waals surface area contributed by atoms with Crippen LogP contribution in [0.15, 0.2) is 12.1 Å². The molecule has 1 fully saturated rings. The van der Waals surface area contributed by atoms with Gasteiger partial charge in [0.05, 0.1) is 0 Å². The van der Waals surface area contributed by atoms with Crippen LogP contribution < -0.4 is 5.32 Å². The molecule has 0 bridgehead atoms. The summed E-state index contributed by atoms with van der Waals surface area (Å²) in [4.78, 5) is 2.38. The Balaban J connectivity index is 0.00000242. The molecule has 0 aromatic heterocycles. The van der Waals surface area contributed by atoms with Crippen LogP contribution in [0.3, 0.4) is 0 Å². The fourth-order valence-corrected chi connectivity index (χ4v) is 3.25. The van der Waals surface area contributed by atoms with Crippen molar-refractivity contribution >= 4 is 36.4 Å². The van der Waals surface area contributed by atoms with Crippen LogP contribution in [0.4, 0.5) is 4.39 Å². The van der Waals surface area contributed by atoms with Crippen LogP contribution in [-0.2, 0) is 0 Å². The molecule has 1 saturated heterocycles. The number of hydrogen-bond acceptors (Lipinski definition) is 2. The maximum absolute atomic E-state index is 14.7. The average molecular weight is 386 g/mol. The maximum atomic E-state index is 14.7. The van der Waals surface area contributed by atoms with Crippen molar-refractivity contribution in [2.24, 2.45) is 5.92 Å². The molecule has 1 aliphatic rings. The van der Waals surface area contributed by atoms with E-state index in [1.54, 1.807) is 6.07 Å². The summed E-state index contributed by atoms with van der Waals surface area (Å²) in [7, 11) is 0. The molecule has 0 aliphatic carbocycles. The Hall–Kier alpha value is -0.0600. The molecular weight excluding hydrogens is 358 g/mol. The van der Waals surface area contributed by atoms with Crippen LogP contribution in [0.25, 0.3) is 0 Å². The second-order valence-corrected chi connectivity index (χ2v) is 6.77. The van der Waals surface area contributed by atoms with Crippen LogP contribution >= 0.6 is 36.4 Å². The highest BCUT2D eigenvalue weighted by atomic mass is 35.5. The minimum atomic E-state index is -0.130. The Morgan fingerprint density at radius 1 is 1.17 bits per heavy atom. The lowest BCUT2D eigenvalue weighted by atomic mass is 9.94. The smallest absolute Gasteiger partial charge is 0.132 e. The summed E-state index contributed by atoms with van der Waals surface area (Å²) in [6.45, 7) is 10.1. The Morgan fingerprint density at radius 2 is 1.78 bits per heavy atom. The lowest BCUT2D eigenvalue weighted by Crippen LogP contribution is -2.45. The topological polar surface area (TPSA) is 15.3 Å². The van der Waals surface area contributed by atoms with Crippen LogP contribution in [0, 0.1) is 18.7 Å². The summed E-state index contributed by atoms with van der Waals surface area (Å²) >= 11 is 6.35. The van der Waals surface area contributed by atoms with Gasteiger partial charge >= 0.3 is 0 Å². The number of benzene rings is 1. The third-order valence-electron chi connectivity index (χ3n) is 4.26. The molecule has 2 nitrogen and oxygen atoms in total. The summed E-state index contributed by atoms with van der Waals surface area (Å²) in [5.74, 6) is 0.483. The van der Waals surface area contributed by atoms with Crippen molar-refractivity contribution < 1.29 is 4.39 Å². The van der Waals surface area contributed by atoms with E-state index in [4.69, 9.17) is 11.6 Å². The minimum Gasteiger partial charge on any atom is -0.314 e. The van der Waals surface area contributed by atoms with Gasteiger partial charge in [0.25, 0.3) is 0 Å². The highest BCUT2D eigenvalue weighted by Crippen LogP contribution is 2.35. The van der Waals surface area contributed by atoms with E-state index >= 15 is 0 Å². The summed E-state index contributed by atoms with van der Waals surface area (Å²) in [5, 5.41) is 3.92. The van der Waals surface area contributed by atoms with Crippen molar-refractivity contribution in [3.63, 3.8) is 0 Å². The van der Waals surface area contributed by atoms with Gasteiger partial charge in [0.15, 0.2) is 0 Å². The zero-order chi connectivity index (χ0) is 15.4. The molecule has 0 spiro atoms. The third kappa shape index (κ3) is 6.06. The largest absolute Gasteiger partial charge is 0.314 e. The first-order valence-corrected chi connectivity index (χ1v) is 8.27. The van der Waals surface area contributed by atoms with Gasteiger partial charge in [-0.25, -0.2) is 4.39 Å². The molecule has 134 valence electrons. The number of halogens is 4. The fourth-order valence-electron chi connectivity index (χ4n) is 2.98. The summed E-state index contributed by atoms with van der Waals surface area (Å²) in [6.07, 6.45) is 2.04. The molecule has 0 unspecified atom stereocenters. The fraction of sp³-hybridized carbons (Fsp3) is 0.647. The van der Waals surface area contributed by atoms with Crippen LogP contribution in [-0.4, -0.2) is 31.1 Å². The molecule has 6 heteroatoms. The number of nitrogens with zero attached hydrogens (tertiary/aromatic N) is 1. The summed E-state index contributed by atoms with van der Waals surface area (Å²) in [6, 6.07) is 3.68. The van der Waals surface area contributed by atoms with Crippen molar-refractivity contribution in [1.82, 2.24) is 10.2 Å². The van der Waals surface area contributed by atoms with Crippen LogP contribution in [0.1, 0.15) is 43.9 Å². The van der Waals surface area contributed by atoms with Crippen molar-refractivity contribution in [3.05, 3.63) is 34.1 Å². The van der Waals surface area contributed by atoms with Gasteiger partial charge in [-0.2, -0.15) is 0 Å². The first-order valence-electron chi connectivity index (χ1n) is 7.90. The summed E-state index contributed by atoms with van der Waals surface area (Å²) in [5.41, 5.74) is 1.37. The molecule has 1 aliphatic heterocycles. The summed E-state index contributed by atoms with van der Waals surface area (Å²) < 4.78 is 14.7. The van der Waals surface area contributed by atoms with Gasteiger partial charge < -0.3 is 5.32 Å². The number of aryl methyl sites for hydroxylation is 1. The highest BCUT2D eigenvalue weighted by molar-refractivity contribution is 6.31. The number of rotatable bonds is 5. The van der Waals surface area contributed by atoms with Crippen molar-refractivity contribution in [2.45, 2.75) is 39.7 Å². The van der Waals surface area contributed by atoms with E-state index in [1.165, 1.54) is 0 Å². The van der Waals surface area contributed by atoms with E-state index in [0.717, 1.165) is 39.0 Å². The molecule has 0 radical (unpaired) electrons. The maximum Gasteiger partial charge on any atom is 0.132 e. The van der Waals surface area contributed by atoms with E-state index in [9.17, 15) is 4.39 Å². The monoisotopic (exact) mass is 384 g/mol. The Kier molecular flexibility index (Phi) is 10.7. The molecule has 1 atom stereocenters. The quantitative estimate of drug-likeness (QED) is 0.766. The van der Waals surface area contributed by atoms with Gasteiger partial charge in [-0.15, -0.1) is 24.8 Å². The highest BCUT2D eigenvalue weighted by Gasteiger charge is 2.27. The normalized spacial score (nSPS) is 16.6. The number of piperazine rings is 1. The molecule has 1 heterocycles. The van der Waals surface area contributed by atoms with Gasteiger partial charge in [0, 0.05) is 42.8 Å². The van der Waals surface area contributed by atoms with Crippen molar-refractivity contribution in [1.29, 1.82) is 0 Å². The van der Waals surface area contributed by atoms with Crippen LogP contribution in [0.5, 0.6) is 0 Å². The molecule has 0 amide bonds. The van der Waals surface area contributed by atoms with E-state index in [1.807, 2.05) is 13.0 Å². The third-order valence-corrected chi connectivity index (χ3v) is 4.59. The zero-order valence-corrected chi connectivity index (χ0v) is 16.5. The van der Waals surface area contributed by atoms with Gasteiger partial charge in [-0.3, -0.25) is 4.90 Å². The molecule has 2 rings (SSSR count). The Morgan fingerprint density at radius 3 is 2.35 bits per heavy atom. The Labute approximate surface area is 157 Å².